The monoisotopic (exact) mass is 305 g/mol. The van der Waals surface area contributed by atoms with E-state index in [1.54, 1.807) is 0 Å². The summed E-state index contributed by atoms with van der Waals surface area (Å²) in [4.78, 5) is 15.6. The average molecular weight is 305 g/mol. The molecule has 0 spiro atoms. The van der Waals surface area contributed by atoms with E-state index in [9.17, 15) is 4.79 Å². The number of rotatable bonds is 15. The van der Waals surface area contributed by atoms with Crippen molar-refractivity contribution in [2.24, 2.45) is 0 Å². The van der Waals surface area contributed by atoms with Gasteiger partial charge < -0.3 is 5.11 Å². The molecule has 1 atom stereocenters. The fourth-order valence-electron chi connectivity index (χ4n) is 2.30. The fraction of sp³-hybridized carbons (Fsp3) is 0.933. The zero-order valence-electron chi connectivity index (χ0n) is 13.4. The van der Waals surface area contributed by atoms with Crippen LogP contribution in [0.2, 0.25) is 0 Å². The minimum atomic E-state index is -0.935. The van der Waals surface area contributed by atoms with E-state index in [0.29, 0.717) is 13.0 Å². The highest BCUT2D eigenvalue weighted by Gasteiger charge is 2.31. The molecule has 6 nitrogen and oxygen atoms in total. The number of nitrogens with one attached hydrogen (secondary N) is 1. The largest absolute Gasteiger partial charge is 0.481 e. The van der Waals surface area contributed by atoms with Crippen LogP contribution in [0.25, 0.3) is 0 Å². The Morgan fingerprint density at radius 1 is 1.10 bits per heavy atom. The Morgan fingerprint density at radius 3 is 2.24 bits per heavy atom. The van der Waals surface area contributed by atoms with Gasteiger partial charge in [-0.1, -0.05) is 57.4 Å². The lowest BCUT2D eigenvalue weighted by atomic mass is 10.0. The second-order valence-corrected chi connectivity index (χ2v) is 5.45. The second kappa shape index (κ2) is 13.0. The normalized spacial score (nSPS) is 14.0. The summed E-state index contributed by atoms with van der Waals surface area (Å²) in [5.74, 6) is -0.896. The molecule has 0 aliphatic heterocycles. The Bertz CT molecular complexity index is 262. The van der Waals surface area contributed by atoms with Crippen LogP contribution in [0.5, 0.6) is 0 Å². The van der Waals surface area contributed by atoms with Gasteiger partial charge in [0.05, 0.1) is 0 Å². The highest BCUT2D eigenvalue weighted by atomic mass is 17.5. The van der Waals surface area contributed by atoms with Crippen LogP contribution in [0.3, 0.4) is 0 Å². The Kier molecular flexibility index (Phi) is 12.6. The molecule has 0 amide bonds. The smallest absolute Gasteiger partial charge is 0.303 e. The number of carbonyl (C=O) groups is 1. The third-order valence-corrected chi connectivity index (χ3v) is 3.74. The van der Waals surface area contributed by atoms with Gasteiger partial charge in [-0.05, 0) is 19.4 Å². The number of carboxylic acids is 1. The summed E-state index contributed by atoms with van der Waals surface area (Å²) < 4.78 is 0. The quantitative estimate of drug-likeness (QED) is 0.185. The topological polar surface area (TPSA) is 88.0 Å². The number of hydrogen-bond acceptors (Lipinski definition) is 5. The molecular weight excluding hydrogens is 274 g/mol. The number of hydrogen-bond donors (Lipinski definition) is 3. The van der Waals surface area contributed by atoms with Crippen LogP contribution in [0.1, 0.15) is 78.1 Å². The van der Waals surface area contributed by atoms with Crippen molar-refractivity contribution in [1.82, 2.24) is 5.32 Å². The second-order valence-electron chi connectivity index (χ2n) is 5.45. The summed E-state index contributed by atoms with van der Waals surface area (Å²) >= 11 is 0. The summed E-state index contributed by atoms with van der Waals surface area (Å²) in [7, 11) is 0. The van der Waals surface area contributed by atoms with E-state index in [4.69, 9.17) is 15.3 Å². The lowest BCUT2D eigenvalue weighted by Crippen LogP contribution is -2.48. The highest BCUT2D eigenvalue weighted by molar-refractivity contribution is 5.66. The number of aliphatic carboxylic acids is 1. The molecule has 6 heteroatoms. The third-order valence-electron chi connectivity index (χ3n) is 3.74. The minimum Gasteiger partial charge on any atom is -0.481 e. The first kappa shape index (κ1) is 20.3. The van der Waals surface area contributed by atoms with E-state index < -0.39 is 11.7 Å². The Morgan fingerprint density at radius 2 is 1.71 bits per heavy atom. The zero-order valence-corrected chi connectivity index (χ0v) is 13.4. The van der Waals surface area contributed by atoms with Gasteiger partial charge in [-0.25, -0.2) is 5.26 Å². The molecule has 0 radical (unpaired) electrons. The van der Waals surface area contributed by atoms with Crippen LogP contribution in [0, 0.1) is 0 Å². The minimum absolute atomic E-state index is 0.0405. The maximum atomic E-state index is 10.7. The molecule has 0 rings (SSSR count). The lowest BCUT2D eigenvalue weighted by molar-refractivity contribution is -0.530. The molecule has 126 valence electrons. The van der Waals surface area contributed by atoms with E-state index in [1.165, 1.54) is 32.1 Å². The molecule has 0 saturated heterocycles. The summed E-state index contributed by atoms with van der Waals surface area (Å²) in [6, 6.07) is 0. The van der Waals surface area contributed by atoms with Crippen molar-refractivity contribution in [3.05, 3.63) is 0 Å². The van der Waals surface area contributed by atoms with Gasteiger partial charge >= 0.3 is 5.97 Å². The van der Waals surface area contributed by atoms with Gasteiger partial charge in [0.15, 0.2) is 5.72 Å². The van der Waals surface area contributed by atoms with E-state index in [1.807, 2.05) is 6.92 Å². The molecule has 0 aromatic heterocycles. The molecule has 1 unspecified atom stereocenters. The first-order chi connectivity index (χ1) is 10.1. The van der Waals surface area contributed by atoms with Crippen LogP contribution < -0.4 is 5.32 Å². The molecule has 0 fully saturated rings. The number of unbranched alkanes of at least 4 members (excludes halogenated alkanes) is 6. The first-order valence-electron chi connectivity index (χ1n) is 8.06. The third kappa shape index (κ3) is 10.6. The van der Waals surface area contributed by atoms with E-state index in [-0.39, 0.29) is 12.8 Å². The Hall–Kier alpha value is -0.690. The van der Waals surface area contributed by atoms with Crippen LogP contribution in [-0.4, -0.2) is 28.6 Å². The van der Waals surface area contributed by atoms with Crippen molar-refractivity contribution in [3.63, 3.8) is 0 Å². The van der Waals surface area contributed by atoms with Gasteiger partial charge in [-0.15, -0.1) is 0 Å². The molecular formula is C15H31NO5. The summed E-state index contributed by atoms with van der Waals surface area (Å²) in [6.45, 7) is 4.78. The van der Waals surface area contributed by atoms with Crippen molar-refractivity contribution < 1.29 is 25.1 Å². The van der Waals surface area contributed by atoms with Crippen LogP contribution in [0.15, 0.2) is 0 Å². The highest BCUT2D eigenvalue weighted by Crippen LogP contribution is 2.20. The van der Waals surface area contributed by atoms with Gasteiger partial charge in [0.2, 0.25) is 0 Å². The van der Waals surface area contributed by atoms with E-state index in [2.05, 4.69) is 17.3 Å². The first-order valence-corrected chi connectivity index (χ1v) is 8.06. The SMILES string of the molecule is CCCCCCCCCNC(CC)(CCC(=O)O)OOO. The van der Waals surface area contributed by atoms with Crippen LogP contribution >= 0.6 is 0 Å². The summed E-state index contributed by atoms with van der Waals surface area (Å²) in [5.41, 5.74) is -0.935. The zero-order chi connectivity index (χ0) is 16.0. The summed E-state index contributed by atoms with van der Waals surface area (Å²) in [5, 5.41) is 24.2. The van der Waals surface area contributed by atoms with Crippen molar-refractivity contribution in [3.8, 4) is 0 Å². The van der Waals surface area contributed by atoms with Gasteiger partial charge in [-0.2, -0.15) is 4.89 Å². The molecule has 0 aromatic carbocycles. The van der Waals surface area contributed by atoms with E-state index >= 15 is 0 Å². The average Bonchev–Trinajstić information content (AvgIpc) is 2.47. The summed E-state index contributed by atoms with van der Waals surface area (Å²) in [6.07, 6.45) is 9.18. The molecule has 0 aliphatic rings. The number of carboxylic acid groups (broad SMARTS) is 1. The fourth-order valence-corrected chi connectivity index (χ4v) is 2.30. The van der Waals surface area contributed by atoms with Crippen molar-refractivity contribution >= 4 is 5.97 Å². The maximum absolute atomic E-state index is 10.7. The van der Waals surface area contributed by atoms with Gasteiger partial charge in [-0.3, -0.25) is 10.1 Å². The predicted octanol–water partition coefficient (Wildman–Crippen LogP) is 3.72. The van der Waals surface area contributed by atoms with Gasteiger partial charge in [0, 0.05) is 12.8 Å². The Balaban J connectivity index is 3.92. The molecule has 21 heavy (non-hydrogen) atoms. The Labute approximate surface area is 127 Å². The molecule has 0 heterocycles. The molecule has 0 bridgehead atoms. The van der Waals surface area contributed by atoms with Crippen molar-refractivity contribution in [2.75, 3.05) is 6.54 Å². The van der Waals surface area contributed by atoms with Crippen LogP contribution in [0.4, 0.5) is 0 Å². The standard InChI is InChI=1S/C15H31NO5/c1-3-5-6-7-8-9-10-13-16-15(4-2,20-21-19)12-11-14(17)18/h16,19H,3-13H2,1-2H3,(H,17,18). The van der Waals surface area contributed by atoms with Gasteiger partial charge in [0.1, 0.15) is 0 Å². The molecule has 0 aromatic rings. The molecule has 0 aliphatic carbocycles. The van der Waals surface area contributed by atoms with Gasteiger partial charge in [0.25, 0.3) is 0 Å². The maximum Gasteiger partial charge on any atom is 0.303 e. The molecule has 0 saturated carbocycles. The van der Waals surface area contributed by atoms with Crippen molar-refractivity contribution in [2.45, 2.75) is 83.8 Å². The van der Waals surface area contributed by atoms with E-state index in [0.717, 1.165) is 12.8 Å². The molecule has 3 N–H and O–H groups in total. The van der Waals surface area contributed by atoms with Crippen LogP contribution in [-0.2, 0) is 14.7 Å². The predicted molar refractivity (Wildman–Crippen MR) is 80.7 cm³/mol. The van der Waals surface area contributed by atoms with Crippen molar-refractivity contribution in [1.29, 1.82) is 0 Å². The lowest BCUT2D eigenvalue weighted by Gasteiger charge is -2.30.